The summed E-state index contributed by atoms with van der Waals surface area (Å²) in [5.41, 5.74) is 2.02. The van der Waals surface area contributed by atoms with E-state index in [1.54, 1.807) is 4.90 Å². The van der Waals surface area contributed by atoms with Gasteiger partial charge in [-0.3, -0.25) is 9.59 Å². The lowest BCUT2D eigenvalue weighted by Crippen LogP contribution is -2.37. The summed E-state index contributed by atoms with van der Waals surface area (Å²) in [5, 5.41) is 0. The Bertz CT molecular complexity index is 578. The topological polar surface area (TPSA) is 40.6 Å². The van der Waals surface area contributed by atoms with Crippen molar-refractivity contribution in [1.82, 2.24) is 0 Å². The van der Waals surface area contributed by atoms with Crippen LogP contribution in [0.5, 0.6) is 0 Å². The lowest BCUT2D eigenvalue weighted by molar-refractivity contribution is -0.122. The summed E-state index contributed by atoms with van der Waals surface area (Å²) >= 11 is 0. The van der Waals surface area contributed by atoms with Crippen molar-refractivity contribution in [3.8, 4) is 0 Å². The molecule has 1 heterocycles. The molecule has 0 radical (unpaired) electrons. The lowest BCUT2D eigenvalue weighted by Gasteiger charge is -2.36. The Kier molecular flexibility index (Phi) is 4.99. The Morgan fingerprint density at radius 3 is 2.52 bits per heavy atom. The van der Waals surface area contributed by atoms with E-state index in [1.165, 1.54) is 32.1 Å². The normalized spacial score (nSPS) is 19.4. The SMILES string of the molecule is CCC(=O)CN1C(=O)CCN(C2CCCCC2)c2ccccc21. The third-order valence-corrected chi connectivity index (χ3v) is 5.09. The van der Waals surface area contributed by atoms with Gasteiger partial charge in [-0.2, -0.15) is 0 Å². The number of carbonyl (C=O) groups is 2. The van der Waals surface area contributed by atoms with Crippen LogP contribution in [0.1, 0.15) is 51.9 Å². The molecule has 3 rings (SSSR count). The van der Waals surface area contributed by atoms with Crippen LogP contribution in [-0.2, 0) is 9.59 Å². The van der Waals surface area contributed by atoms with Gasteiger partial charge in [0.05, 0.1) is 17.9 Å². The number of rotatable bonds is 4. The van der Waals surface area contributed by atoms with E-state index in [0.717, 1.165) is 17.9 Å². The van der Waals surface area contributed by atoms with Crippen molar-refractivity contribution in [2.75, 3.05) is 22.9 Å². The van der Waals surface area contributed by atoms with E-state index in [1.807, 2.05) is 25.1 Å². The molecule has 124 valence electrons. The summed E-state index contributed by atoms with van der Waals surface area (Å²) < 4.78 is 0. The van der Waals surface area contributed by atoms with E-state index in [-0.39, 0.29) is 18.2 Å². The predicted molar refractivity (Wildman–Crippen MR) is 92.9 cm³/mol. The average Bonchev–Trinajstić information content (AvgIpc) is 2.73. The zero-order chi connectivity index (χ0) is 16.2. The van der Waals surface area contributed by atoms with Crippen LogP contribution in [0.2, 0.25) is 0 Å². The minimum absolute atomic E-state index is 0.0672. The number of carbonyl (C=O) groups excluding carboxylic acids is 2. The van der Waals surface area contributed by atoms with Crippen molar-refractivity contribution in [3.05, 3.63) is 24.3 Å². The van der Waals surface area contributed by atoms with Crippen molar-refractivity contribution in [2.24, 2.45) is 0 Å². The van der Waals surface area contributed by atoms with Gasteiger partial charge >= 0.3 is 0 Å². The number of Topliss-reactive ketones (excluding diaryl/α,β-unsaturated/α-hetero) is 1. The summed E-state index contributed by atoms with van der Waals surface area (Å²) in [6, 6.07) is 8.60. The largest absolute Gasteiger partial charge is 0.366 e. The molecule has 1 amide bonds. The standard InChI is InChI=1S/C19H26N2O2/c1-2-16(22)14-21-18-11-7-6-10-17(18)20(13-12-19(21)23)15-8-4-3-5-9-15/h6-7,10-11,15H,2-5,8-9,12-14H2,1H3. The van der Waals surface area contributed by atoms with E-state index in [4.69, 9.17) is 0 Å². The number of amides is 1. The van der Waals surface area contributed by atoms with Crippen LogP contribution in [0.15, 0.2) is 24.3 Å². The Morgan fingerprint density at radius 1 is 1.13 bits per heavy atom. The first-order valence-corrected chi connectivity index (χ1v) is 8.88. The van der Waals surface area contributed by atoms with Gasteiger partial charge in [0, 0.05) is 25.4 Å². The Balaban J connectivity index is 1.94. The number of hydrogen-bond donors (Lipinski definition) is 0. The van der Waals surface area contributed by atoms with Crippen LogP contribution in [0, 0.1) is 0 Å². The van der Waals surface area contributed by atoms with Crippen LogP contribution in [-0.4, -0.2) is 30.8 Å². The number of ketones is 1. The van der Waals surface area contributed by atoms with Gasteiger partial charge in [-0.05, 0) is 25.0 Å². The molecule has 1 aliphatic heterocycles. The molecule has 23 heavy (non-hydrogen) atoms. The molecule has 2 aliphatic rings. The van der Waals surface area contributed by atoms with E-state index < -0.39 is 0 Å². The number of hydrogen-bond acceptors (Lipinski definition) is 3. The molecule has 0 spiro atoms. The third kappa shape index (κ3) is 3.41. The molecule has 1 aliphatic carbocycles. The Morgan fingerprint density at radius 2 is 1.83 bits per heavy atom. The number of fused-ring (bicyclic) bond motifs is 1. The molecule has 0 unspecified atom stereocenters. The van der Waals surface area contributed by atoms with Gasteiger partial charge in [0.1, 0.15) is 0 Å². The number of anilines is 2. The van der Waals surface area contributed by atoms with Crippen molar-refractivity contribution >= 4 is 23.1 Å². The van der Waals surface area contributed by atoms with Crippen LogP contribution in [0.3, 0.4) is 0 Å². The van der Waals surface area contributed by atoms with Gasteiger partial charge in [-0.25, -0.2) is 0 Å². The molecule has 0 atom stereocenters. The first-order valence-electron chi connectivity index (χ1n) is 8.88. The van der Waals surface area contributed by atoms with Gasteiger partial charge in [0.25, 0.3) is 0 Å². The second-order valence-corrected chi connectivity index (χ2v) is 6.60. The fourth-order valence-corrected chi connectivity index (χ4v) is 3.77. The maximum Gasteiger partial charge on any atom is 0.229 e. The Hall–Kier alpha value is -1.84. The molecule has 1 aromatic carbocycles. The molecule has 1 saturated carbocycles. The summed E-state index contributed by atoms with van der Waals surface area (Å²) in [4.78, 5) is 28.6. The van der Waals surface area contributed by atoms with Crippen molar-refractivity contribution in [1.29, 1.82) is 0 Å². The van der Waals surface area contributed by atoms with Crippen molar-refractivity contribution in [3.63, 3.8) is 0 Å². The van der Waals surface area contributed by atoms with Crippen molar-refractivity contribution in [2.45, 2.75) is 57.9 Å². The highest BCUT2D eigenvalue weighted by molar-refractivity contribution is 6.03. The van der Waals surface area contributed by atoms with E-state index >= 15 is 0 Å². The highest BCUT2D eigenvalue weighted by atomic mass is 16.2. The highest BCUT2D eigenvalue weighted by Crippen LogP contribution is 2.36. The second kappa shape index (κ2) is 7.16. The maximum absolute atomic E-state index is 12.6. The van der Waals surface area contributed by atoms with Gasteiger partial charge in [0.15, 0.2) is 5.78 Å². The van der Waals surface area contributed by atoms with E-state index in [9.17, 15) is 9.59 Å². The summed E-state index contributed by atoms with van der Waals surface area (Å²) in [7, 11) is 0. The van der Waals surface area contributed by atoms with E-state index in [2.05, 4.69) is 11.0 Å². The summed E-state index contributed by atoms with van der Waals surface area (Å²) in [6.07, 6.45) is 7.24. The van der Waals surface area contributed by atoms with Gasteiger partial charge < -0.3 is 9.80 Å². The zero-order valence-electron chi connectivity index (χ0n) is 14.0. The molecule has 4 heteroatoms. The zero-order valence-corrected chi connectivity index (χ0v) is 14.0. The smallest absolute Gasteiger partial charge is 0.229 e. The molecule has 0 bridgehead atoms. The number of nitrogens with zero attached hydrogens (tertiary/aromatic N) is 2. The average molecular weight is 314 g/mol. The van der Waals surface area contributed by atoms with Crippen LogP contribution in [0.4, 0.5) is 11.4 Å². The molecular formula is C19H26N2O2. The molecule has 0 saturated heterocycles. The minimum atomic E-state index is 0.0672. The third-order valence-electron chi connectivity index (χ3n) is 5.09. The molecular weight excluding hydrogens is 288 g/mol. The predicted octanol–water partition coefficient (Wildman–Crippen LogP) is 3.54. The van der Waals surface area contributed by atoms with E-state index in [0.29, 0.717) is 18.9 Å². The van der Waals surface area contributed by atoms with Gasteiger partial charge in [-0.15, -0.1) is 0 Å². The fourth-order valence-electron chi connectivity index (χ4n) is 3.77. The minimum Gasteiger partial charge on any atom is -0.366 e. The van der Waals surface area contributed by atoms with Crippen LogP contribution < -0.4 is 9.80 Å². The van der Waals surface area contributed by atoms with Crippen LogP contribution >= 0.6 is 0 Å². The molecule has 0 N–H and O–H groups in total. The monoisotopic (exact) mass is 314 g/mol. The van der Waals surface area contributed by atoms with Gasteiger partial charge in [0.2, 0.25) is 5.91 Å². The van der Waals surface area contributed by atoms with Crippen LogP contribution in [0.25, 0.3) is 0 Å². The molecule has 4 nitrogen and oxygen atoms in total. The molecule has 1 fully saturated rings. The first-order chi connectivity index (χ1) is 11.2. The quantitative estimate of drug-likeness (QED) is 0.853. The molecule has 0 aromatic heterocycles. The maximum atomic E-state index is 12.6. The van der Waals surface area contributed by atoms with Crippen molar-refractivity contribution < 1.29 is 9.59 Å². The molecule has 1 aromatic rings. The Labute approximate surface area is 138 Å². The second-order valence-electron chi connectivity index (χ2n) is 6.60. The summed E-state index contributed by atoms with van der Waals surface area (Å²) in [5.74, 6) is 0.178. The number of benzene rings is 1. The summed E-state index contributed by atoms with van der Waals surface area (Å²) in [6.45, 7) is 2.81. The lowest BCUT2D eigenvalue weighted by atomic mass is 9.93. The highest BCUT2D eigenvalue weighted by Gasteiger charge is 2.30. The fraction of sp³-hybridized carbons (Fsp3) is 0.579. The first kappa shape index (κ1) is 16.0. The number of para-hydroxylation sites is 2. The van der Waals surface area contributed by atoms with Gasteiger partial charge in [-0.1, -0.05) is 38.3 Å².